The Bertz CT molecular complexity index is 1100. The molecule has 2 saturated carbocycles. The van der Waals surface area contributed by atoms with Crippen molar-refractivity contribution in [2.75, 3.05) is 0 Å². The molecule has 2 aromatic carbocycles. The third kappa shape index (κ3) is 3.27. The van der Waals surface area contributed by atoms with Crippen LogP contribution in [0.5, 0.6) is 0 Å². The average Bonchev–Trinajstić information content (AvgIpc) is 3.04. The van der Waals surface area contributed by atoms with Gasteiger partial charge in [0.1, 0.15) is 0 Å². The van der Waals surface area contributed by atoms with Gasteiger partial charge in [0.15, 0.2) is 11.6 Å². The molecule has 0 bridgehead atoms. The van der Waals surface area contributed by atoms with Crippen LogP contribution in [-0.2, 0) is 0 Å². The Labute approximate surface area is 178 Å². The zero-order chi connectivity index (χ0) is 21.0. The molecular formula is C23H22ClF2N3O. The minimum Gasteiger partial charge on any atom is -0.349 e. The van der Waals surface area contributed by atoms with E-state index in [-0.39, 0.29) is 18.0 Å². The van der Waals surface area contributed by atoms with Gasteiger partial charge in [-0.05, 0) is 61.3 Å². The van der Waals surface area contributed by atoms with E-state index in [1.165, 1.54) is 6.07 Å². The van der Waals surface area contributed by atoms with Crippen molar-refractivity contribution in [3.63, 3.8) is 0 Å². The summed E-state index contributed by atoms with van der Waals surface area (Å²) in [5, 5.41) is 3.80. The summed E-state index contributed by atoms with van der Waals surface area (Å²) in [7, 11) is 0. The zero-order valence-corrected chi connectivity index (χ0v) is 17.2. The Morgan fingerprint density at radius 1 is 1.20 bits per heavy atom. The molecule has 2 aliphatic carbocycles. The summed E-state index contributed by atoms with van der Waals surface area (Å²) in [5.41, 5.74) is 1.73. The lowest BCUT2D eigenvalue weighted by atomic mass is 9.98. The Kier molecular flexibility index (Phi) is 4.77. The molecule has 0 spiro atoms. The fraction of sp³-hybridized carbons (Fsp3) is 0.391. The van der Waals surface area contributed by atoms with Gasteiger partial charge in [-0.25, -0.2) is 13.8 Å². The molecule has 3 aromatic rings. The fourth-order valence-electron chi connectivity index (χ4n) is 5.32. The van der Waals surface area contributed by atoms with E-state index >= 15 is 0 Å². The van der Waals surface area contributed by atoms with Gasteiger partial charge in [-0.2, -0.15) is 0 Å². The highest BCUT2D eigenvalue weighted by Gasteiger charge is 2.59. The van der Waals surface area contributed by atoms with Crippen LogP contribution >= 0.6 is 11.6 Å². The lowest BCUT2D eigenvalue weighted by Crippen LogP contribution is -2.37. The van der Waals surface area contributed by atoms with Crippen LogP contribution in [0.25, 0.3) is 11.0 Å². The molecule has 0 saturated heterocycles. The van der Waals surface area contributed by atoms with Crippen LogP contribution in [0.1, 0.15) is 42.6 Å². The number of fused-ring (bicyclic) bond motifs is 2. The lowest BCUT2D eigenvalue weighted by Gasteiger charge is -2.22. The first-order valence-corrected chi connectivity index (χ1v) is 10.7. The third-order valence-corrected chi connectivity index (χ3v) is 7.08. The van der Waals surface area contributed by atoms with Crippen LogP contribution in [0.3, 0.4) is 0 Å². The van der Waals surface area contributed by atoms with E-state index in [2.05, 4.69) is 17.2 Å². The molecule has 7 heteroatoms. The zero-order valence-electron chi connectivity index (χ0n) is 16.5. The van der Waals surface area contributed by atoms with Crippen molar-refractivity contribution < 1.29 is 13.6 Å². The maximum Gasteiger partial charge on any atom is 0.251 e. The van der Waals surface area contributed by atoms with E-state index in [1.54, 1.807) is 30.6 Å². The van der Waals surface area contributed by atoms with Gasteiger partial charge < -0.3 is 9.88 Å². The van der Waals surface area contributed by atoms with Gasteiger partial charge in [0.25, 0.3) is 5.91 Å². The van der Waals surface area contributed by atoms with E-state index in [1.807, 2.05) is 4.57 Å². The molecule has 2 aliphatic rings. The second-order valence-corrected chi connectivity index (χ2v) is 8.87. The predicted molar refractivity (Wildman–Crippen MR) is 111 cm³/mol. The van der Waals surface area contributed by atoms with Crippen molar-refractivity contribution in [3.8, 4) is 0 Å². The molecule has 1 aromatic heterocycles. The number of hydrogen-bond donors (Lipinski definition) is 1. The number of rotatable bonds is 5. The summed E-state index contributed by atoms with van der Waals surface area (Å²) in [4.78, 5) is 16.8. The smallest absolute Gasteiger partial charge is 0.251 e. The van der Waals surface area contributed by atoms with Gasteiger partial charge in [-0.15, -0.1) is 0 Å². The number of halogens is 3. The molecule has 2 fully saturated rings. The number of carbonyl (C=O) groups excluding carboxylic acids is 1. The first-order chi connectivity index (χ1) is 14.5. The largest absolute Gasteiger partial charge is 0.349 e. The lowest BCUT2D eigenvalue weighted by molar-refractivity contribution is 0.0927. The van der Waals surface area contributed by atoms with Crippen LogP contribution < -0.4 is 5.32 Å². The number of hydrogen-bond acceptors (Lipinski definition) is 2. The van der Waals surface area contributed by atoms with Gasteiger partial charge in [-0.1, -0.05) is 18.5 Å². The first kappa shape index (κ1) is 19.5. The fourth-order valence-corrected chi connectivity index (χ4v) is 5.45. The minimum absolute atomic E-state index is 0.0712. The summed E-state index contributed by atoms with van der Waals surface area (Å²) in [6, 6.07) is 9.67. The number of carbonyl (C=O) groups is 1. The Balaban J connectivity index is 1.26. The maximum absolute atomic E-state index is 13.7. The quantitative estimate of drug-likeness (QED) is 0.592. The van der Waals surface area contributed by atoms with E-state index in [0.717, 1.165) is 25.3 Å². The number of nitrogens with zero attached hydrogens (tertiary/aromatic N) is 2. The van der Waals surface area contributed by atoms with Crippen molar-refractivity contribution in [2.45, 2.75) is 38.3 Å². The summed E-state index contributed by atoms with van der Waals surface area (Å²) in [6.45, 7) is 2.10. The Morgan fingerprint density at radius 2 is 1.87 bits per heavy atom. The molecule has 5 rings (SSSR count). The average molecular weight is 430 g/mol. The van der Waals surface area contributed by atoms with Crippen molar-refractivity contribution in [1.82, 2.24) is 14.9 Å². The van der Waals surface area contributed by atoms with Crippen molar-refractivity contribution >= 4 is 28.5 Å². The summed E-state index contributed by atoms with van der Waals surface area (Å²) >= 11 is 5.91. The number of aromatic nitrogens is 2. The highest BCUT2D eigenvalue weighted by molar-refractivity contribution is 6.30. The van der Waals surface area contributed by atoms with E-state index in [4.69, 9.17) is 11.6 Å². The molecular weight excluding hydrogens is 408 g/mol. The molecule has 1 heterocycles. The van der Waals surface area contributed by atoms with Gasteiger partial charge in [-0.3, -0.25) is 4.79 Å². The van der Waals surface area contributed by atoms with Crippen molar-refractivity contribution in [2.24, 2.45) is 17.8 Å². The molecule has 5 atom stereocenters. The second-order valence-electron chi connectivity index (χ2n) is 8.43. The SMILES string of the molecule is CCC(NC(=O)c1ccc(Cl)cc1)[C@H]1[C@@H]2C[C@@H](n3cnc4cc(F)c(F)cc43)C[C@@H]21. The molecule has 0 radical (unpaired) electrons. The number of imidazole rings is 1. The maximum atomic E-state index is 13.7. The molecule has 4 nitrogen and oxygen atoms in total. The van der Waals surface area contributed by atoms with Crippen molar-refractivity contribution in [1.29, 1.82) is 0 Å². The van der Waals surface area contributed by atoms with Crippen molar-refractivity contribution in [3.05, 3.63) is 64.9 Å². The molecule has 1 unspecified atom stereocenters. The molecule has 1 N–H and O–H groups in total. The Morgan fingerprint density at radius 3 is 2.53 bits per heavy atom. The minimum atomic E-state index is -0.871. The van der Waals surface area contributed by atoms with Gasteiger partial charge >= 0.3 is 0 Å². The summed E-state index contributed by atoms with van der Waals surface area (Å²) in [5.74, 6) is -0.253. The van der Waals surface area contributed by atoms with Gasteiger partial charge in [0.05, 0.1) is 17.4 Å². The molecule has 0 aliphatic heterocycles. The molecule has 1 amide bonds. The van der Waals surface area contributed by atoms with E-state index in [9.17, 15) is 13.6 Å². The van der Waals surface area contributed by atoms with Gasteiger partial charge in [0.2, 0.25) is 0 Å². The third-order valence-electron chi connectivity index (χ3n) is 6.82. The second kappa shape index (κ2) is 7.34. The van der Waals surface area contributed by atoms with Crippen LogP contribution in [0, 0.1) is 29.4 Å². The number of benzene rings is 2. The van der Waals surface area contributed by atoms with Crippen LogP contribution in [0.2, 0.25) is 5.02 Å². The Hall–Kier alpha value is -2.47. The van der Waals surface area contributed by atoms with E-state index < -0.39 is 11.6 Å². The standard InChI is InChI=1S/C23H22ClF2N3O/c1-2-19(28-23(30)12-3-5-13(24)6-4-12)22-15-7-14(8-16(15)22)29-11-27-20-9-17(25)18(26)10-21(20)29/h3-6,9-11,14-16,19,22H,2,7-8H2,1H3,(H,28,30)/t14-,15-,16+,19?,22+. The topological polar surface area (TPSA) is 46.9 Å². The van der Waals surface area contributed by atoms with Crippen LogP contribution in [-0.4, -0.2) is 21.5 Å². The molecule has 30 heavy (non-hydrogen) atoms. The normalized spacial score (nSPS) is 25.9. The summed E-state index contributed by atoms with van der Waals surface area (Å²) in [6.07, 6.45) is 4.49. The summed E-state index contributed by atoms with van der Waals surface area (Å²) < 4.78 is 29.2. The highest BCUT2D eigenvalue weighted by Crippen LogP contribution is 2.62. The van der Waals surface area contributed by atoms with Crippen LogP contribution in [0.15, 0.2) is 42.7 Å². The first-order valence-electron chi connectivity index (χ1n) is 10.3. The predicted octanol–water partition coefficient (Wildman–Crippen LogP) is 5.37. The van der Waals surface area contributed by atoms with Gasteiger partial charge in [0, 0.05) is 34.8 Å². The monoisotopic (exact) mass is 429 g/mol. The van der Waals surface area contributed by atoms with E-state index in [0.29, 0.717) is 39.4 Å². The molecule has 156 valence electrons. The van der Waals surface area contributed by atoms with Crippen LogP contribution in [0.4, 0.5) is 8.78 Å². The number of amides is 1. The number of nitrogens with one attached hydrogen (secondary N) is 1. The highest BCUT2D eigenvalue weighted by atomic mass is 35.5.